The molecule has 1 N–H and O–H groups in total. The fourth-order valence-corrected chi connectivity index (χ4v) is 7.70. The average Bonchev–Trinajstić information content (AvgIpc) is 3.11. The number of methoxy groups -OCH3 is 1. The number of likely N-dealkylation sites (tertiary alicyclic amines) is 1. The van der Waals surface area contributed by atoms with Crippen LogP contribution in [0.25, 0.3) is 0 Å². The zero-order valence-electron chi connectivity index (χ0n) is 31.7. The molecule has 3 aromatic rings. The van der Waals surface area contributed by atoms with Crippen LogP contribution in [0.4, 0.5) is 10.5 Å². The molecule has 2 unspecified atom stereocenters. The number of ether oxygens (including phenoxy) is 5. The lowest BCUT2D eigenvalue weighted by molar-refractivity contribution is -0.121. The third kappa shape index (κ3) is 10.4. The molecule has 52 heavy (non-hydrogen) atoms. The minimum Gasteiger partial charge on any atom is -0.496 e. The lowest BCUT2D eigenvalue weighted by atomic mass is 9.76. The van der Waals surface area contributed by atoms with Crippen molar-refractivity contribution in [3.8, 4) is 11.5 Å². The summed E-state index contributed by atoms with van der Waals surface area (Å²) >= 11 is 0. The fourth-order valence-electron chi connectivity index (χ4n) is 6.94. The Morgan fingerprint density at radius 1 is 0.923 bits per heavy atom. The summed E-state index contributed by atoms with van der Waals surface area (Å²) in [6.07, 6.45) is 0.456. The van der Waals surface area contributed by atoms with Crippen LogP contribution in [0.15, 0.2) is 66.7 Å². The number of benzene rings is 3. The molecular weight excluding hydrogens is 677 g/mol. The van der Waals surface area contributed by atoms with Crippen molar-refractivity contribution in [3.63, 3.8) is 0 Å². The monoisotopic (exact) mass is 732 g/mol. The molecule has 3 aromatic carbocycles. The van der Waals surface area contributed by atoms with Gasteiger partial charge in [0.15, 0.2) is 0 Å². The van der Waals surface area contributed by atoms with E-state index < -0.39 is 14.2 Å². The molecule has 0 aliphatic carbocycles. The maximum Gasteiger partial charge on any atom is 0.407 e. The van der Waals surface area contributed by atoms with E-state index in [0.717, 1.165) is 51.9 Å². The number of carboxylic acid groups (broad SMARTS) is 1. The number of nitrogens with zero attached hydrogens (tertiary/aromatic N) is 2. The van der Waals surface area contributed by atoms with Crippen LogP contribution in [-0.2, 0) is 37.6 Å². The first-order valence-corrected chi connectivity index (χ1v) is 22.1. The van der Waals surface area contributed by atoms with Gasteiger partial charge in [-0.3, -0.25) is 9.69 Å². The number of carbonyl (C=O) groups is 2. The molecule has 0 bridgehead atoms. The Morgan fingerprint density at radius 2 is 1.67 bits per heavy atom. The normalized spacial score (nSPS) is 18.6. The number of anilines is 1. The smallest absolute Gasteiger partial charge is 0.407 e. The van der Waals surface area contributed by atoms with Crippen molar-refractivity contribution in [1.29, 1.82) is 0 Å². The number of amides is 2. The predicted molar refractivity (Wildman–Crippen MR) is 205 cm³/mol. The lowest BCUT2D eigenvalue weighted by Crippen LogP contribution is -2.46. The fraction of sp³-hybridized carbons (Fsp3) is 0.512. The number of fused-ring (bicyclic) bond motifs is 1. The zero-order chi connectivity index (χ0) is 37.3. The molecule has 0 aromatic heterocycles. The van der Waals surface area contributed by atoms with Gasteiger partial charge in [0.25, 0.3) is 0 Å². The van der Waals surface area contributed by atoms with Crippen LogP contribution in [0, 0.1) is 0 Å². The molecule has 2 aliphatic heterocycles. The molecule has 0 radical (unpaired) electrons. The number of hydrogen-bond donors (Lipinski definition) is 1. The van der Waals surface area contributed by atoms with Gasteiger partial charge in [0.1, 0.15) is 18.2 Å². The van der Waals surface area contributed by atoms with Crippen LogP contribution in [0.3, 0.4) is 0 Å². The van der Waals surface area contributed by atoms with Crippen LogP contribution in [-0.4, -0.2) is 82.9 Å². The summed E-state index contributed by atoms with van der Waals surface area (Å²) in [5, 5.41) is 9.87. The molecule has 1 fully saturated rings. The average molecular weight is 733 g/mol. The molecule has 1 saturated heterocycles. The summed E-state index contributed by atoms with van der Waals surface area (Å²) in [6.45, 7) is 14.5. The van der Waals surface area contributed by atoms with Gasteiger partial charge in [0.2, 0.25) is 5.91 Å². The van der Waals surface area contributed by atoms with Gasteiger partial charge in [-0.05, 0) is 41.8 Å². The summed E-state index contributed by atoms with van der Waals surface area (Å²) in [4.78, 5) is 28.8. The Bertz CT molecular complexity index is 1640. The molecular formula is C41H56N2O8Si. The van der Waals surface area contributed by atoms with E-state index in [0.29, 0.717) is 45.8 Å². The second kappa shape index (κ2) is 17.7. The number of piperidine rings is 1. The van der Waals surface area contributed by atoms with Crippen LogP contribution in [0.5, 0.6) is 11.5 Å². The van der Waals surface area contributed by atoms with E-state index in [1.165, 1.54) is 4.90 Å². The molecule has 0 spiro atoms. The van der Waals surface area contributed by atoms with Crippen molar-refractivity contribution >= 4 is 25.8 Å². The summed E-state index contributed by atoms with van der Waals surface area (Å²) in [6, 6.07) is 23.0. The van der Waals surface area contributed by atoms with Crippen molar-refractivity contribution in [1.82, 2.24) is 4.90 Å². The third-order valence-corrected chi connectivity index (χ3v) is 11.7. The van der Waals surface area contributed by atoms with E-state index in [1.807, 2.05) is 48.5 Å². The number of rotatable bonds is 17. The highest BCUT2D eigenvalue weighted by atomic mass is 28.3. The predicted octanol–water partition coefficient (Wildman–Crippen LogP) is 8.06. The summed E-state index contributed by atoms with van der Waals surface area (Å²) in [5.74, 6) is 1.61. The van der Waals surface area contributed by atoms with Crippen LogP contribution in [0.1, 0.15) is 61.3 Å². The Morgan fingerprint density at radius 3 is 2.40 bits per heavy atom. The van der Waals surface area contributed by atoms with E-state index in [2.05, 4.69) is 51.7 Å². The molecule has 11 heteroatoms. The second-order valence-electron chi connectivity index (χ2n) is 15.7. The van der Waals surface area contributed by atoms with Gasteiger partial charge in [0, 0.05) is 56.5 Å². The van der Waals surface area contributed by atoms with E-state index in [1.54, 1.807) is 12.0 Å². The van der Waals surface area contributed by atoms with Crippen LogP contribution < -0.4 is 14.4 Å². The maximum atomic E-state index is 13.5. The third-order valence-electron chi connectivity index (χ3n) is 9.97. The maximum absolute atomic E-state index is 13.5. The highest BCUT2D eigenvalue weighted by molar-refractivity contribution is 6.76. The highest BCUT2D eigenvalue weighted by Gasteiger charge is 2.39. The SMILES string of the molecule is COc1ccccc1COCCCOc1ccc(C2CCN(C(=O)O)CC2OCc2cccc3c2N(COCC[Si](C)(C)C)C(=O)CC3(C)C)cc1. The van der Waals surface area contributed by atoms with Gasteiger partial charge in [0.05, 0.1) is 51.9 Å². The lowest BCUT2D eigenvalue weighted by Gasteiger charge is -2.40. The quantitative estimate of drug-likeness (QED) is 0.110. The Labute approximate surface area is 310 Å². The van der Waals surface area contributed by atoms with Gasteiger partial charge in [-0.15, -0.1) is 0 Å². The Hall–Kier alpha value is -3.90. The molecule has 2 heterocycles. The Balaban J connectivity index is 1.22. The van der Waals surface area contributed by atoms with Crippen molar-refractivity contribution in [2.75, 3.05) is 51.7 Å². The van der Waals surface area contributed by atoms with Gasteiger partial charge in [-0.25, -0.2) is 4.79 Å². The second-order valence-corrected chi connectivity index (χ2v) is 21.3. The summed E-state index contributed by atoms with van der Waals surface area (Å²) in [5.41, 5.74) is 4.59. The van der Waals surface area contributed by atoms with Gasteiger partial charge < -0.3 is 33.7 Å². The molecule has 282 valence electrons. The molecule has 5 rings (SSSR count). The summed E-state index contributed by atoms with van der Waals surface area (Å²) < 4.78 is 30.0. The van der Waals surface area contributed by atoms with Gasteiger partial charge in [-0.1, -0.05) is 82.0 Å². The molecule has 2 aliphatic rings. The van der Waals surface area contributed by atoms with Crippen molar-refractivity contribution in [3.05, 3.63) is 89.0 Å². The zero-order valence-corrected chi connectivity index (χ0v) is 32.7. The number of carbonyl (C=O) groups excluding carboxylic acids is 1. The minimum absolute atomic E-state index is 0.00774. The first-order chi connectivity index (χ1) is 24.9. The molecule has 0 saturated carbocycles. The standard InChI is InChI=1S/C41H56N2O8Si/c1-41(2)25-38(44)43(29-49-23-24-52(4,5)6)39-32(12-9-13-35(39)41)28-51-37-26-42(40(45)46)20-19-34(37)30-15-17-33(18-16-30)50-22-10-21-48-27-31-11-7-8-14-36(31)47-3/h7-9,11-18,34,37H,10,19-29H2,1-6H3,(H,45,46). The van der Waals surface area contributed by atoms with Gasteiger partial charge in [-0.2, -0.15) is 0 Å². The Kier molecular flexibility index (Phi) is 13.4. The molecule has 2 atom stereocenters. The number of hydrogen-bond acceptors (Lipinski definition) is 7. The van der Waals surface area contributed by atoms with E-state index in [9.17, 15) is 14.7 Å². The van der Waals surface area contributed by atoms with Crippen molar-refractivity contribution < 1.29 is 38.4 Å². The first kappa shape index (κ1) is 39.3. The largest absolute Gasteiger partial charge is 0.496 e. The van der Waals surface area contributed by atoms with Crippen molar-refractivity contribution in [2.45, 2.75) is 89.4 Å². The van der Waals surface area contributed by atoms with E-state index >= 15 is 0 Å². The number of para-hydroxylation sites is 2. The van der Waals surface area contributed by atoms with Crippen LogP contribution >= 0.6 is 0 Å². The topological polar surface area (TPSA) is 107 Å². The molecule has 10 nitrogen and oxygen atoms in total. The van der Waals surface area contributed by atoms with Crippen LogP contribution in [0.2, 0.25) is 25.7 Å². The van der Waals surface area contributed by atoms with Gasteiger partial charge >= 0.3 is 6.09 Å². The minimum atomic E-state index is -1.28. The highest BCUT2D eigenvalue weighted by Crippen LogP contribution is 2.43. The first-order valence-electron chi connectivity index (χ1n) is 18.4. The summed E-state index contributed by atoms with van der Waals surface area (Å²) in [7, 11) is 0.376. The van der Waals surface area contributed by atoms with Crippen molar-refractivity contribution in [2.24, 2.45) is 0 Å². The van der Waals surface area contributed by atoms with E-state index in [4.69, 9.17) is 23.7 Å². The molecule has 2 amide bonds. The van der Waals surface area contributed by atoms with E-state index in [-0.39, 0.29) is 43.2 Å².